The summed E-state index contributed by atoms with van der Waals surface area (Å²) in [7, 11) is -1.83. The van der Waals surface area contributed by atoms with Crippen molar-refractivity contribution in [2.75, 3.05) is 11.1 Å². The normalized spacial score (nSPS) is 11.5. The van der Waals surface area contributed by atoms with Gasteiger partial charge < -0.3 is 9.88 Å². The summed E-state index contributed by atoms with van der Waals surface area (Å²) in [6.45, 7) is 5.91. The number of nitrogens with one attached hydrogen (secondary N) is 1. The van der Waals surface area contributed by atoms with Crippen molar-refractivity contribution in [1.29, 1.82) is 0 Å². The molecule has 30 heavy (non-hydrogen) atoms. The molecule has 1 amide bonds. The quantitative estimate of drug-likeness (QED) is 0.561. The van der Waals surface area contributed by atoms with Gasteiger partial charge in [-0.2, -0.15) is 0 Å². The van der Waals surface area contributed by atoms with Crippen molar-refractivity contribution in [3.05, 3.63) is 65.0 Å². The molecule has 2 aromatic carbocycles. The molecule has 0 saturated carbocycles. The first-order valence-electron chi connectivity index (χ1n) is 9.33. The second-order valence-electron chi connectivity index (χ2n) is 7.17. The zero-order valence-electron chi connectivity index (χ0n) is 17.3. The Bertz CT molecular complexity index is 1170. The molecule has 0 aliphatic heterocycles. The molecule has 0 unspecified atom stereocenters. The standard InChI is InChI=1S/C21H24N4O3S2/c1-14-5-9-18(10-6-14)30(27,28)13-19-23-24-21(25(19)4)29-12-20(26)22-17-8-7-15(2)16(3)11-17/h5-11H,12-13H2,1-4H3,(H,22,26). The minimum absolute atomic E-state index is 0.142. The van der Waals surface area contributed by atoms with Gasteiger partial charge in [-0.1, -0.05) is 35.5 Å². The minimum atomic E-state index is -3.53. The summed E-state index contributed by atoms with van der Waals surface area (Å²) < 4.78 is 26.9. The van der Waals surface area contributed by atoms with Crippen LogP contribution >= 0.6 is 11.8 Å². The Kier molecular flexibility index (Phi) is 6.62. The maximum Gasteiger partial charge on any atom is 0.234 e. The molecule has 3 rings (SSSR count). The van der Waals surface area contributed by atoms with E-state index in [0.29, 0.717) is 11.0 Å². The van der Waals surface area contributed by atoms with Gasteiger partial charge in [0.15, 0.2) is 15.0 Å². The maximum atomic E-state index is 12.6. The van der Waals surface area contributed by atoms with Crippen LogP contribution in [0.25, 0.3) is 0 Å². The van der Waals surface area contributed by atoms with Crippen LogP contribution in [0.15, 0.2) is 52.5 Å². The SMILES string of the molecule is Cc1ccc(S(=O)(=O)Cc2nnc(SCC(=O)Nc3ccc(C)c(C)c3)n2C)cc1. The van der Waals surface area contributed by atoms with Crippen molar-refractivity contribution >= 4 is 33.2 Å². The van der Waals surface area contributed by atoms with E-state index in [9.17, 15) is 13.2 Å². The fraction of sp³-hybridized carbons (Fsp3) is 0.286. The Morgan fingerprint density at radius 3 is 2.40 bits per heavy atom. The smallest absolute Gasteiger partial charge is 0.234 e. The molecule has 0 saturated heterocycles. The van der Waals surface area contributed by atoms with Crippen LogP contribution in [-0.2, 0) is 27.4 Å². The highest BCUT2D eigenvalue weighted by Crippen LogP contribution is 2.21. The van der Waals surface area contributed by atoms with E-state index in [-0.39, 0.29) is 22.3 Å². The average molecular weight is 445 g/mol. The lowest BCUT2D eigenvalue weighted by atomic mass is 10.1. The number of hydrogen-bond acceptors (Lipinski definition) is 6. The predicted octanol–water partition coefficient (Wildman–Crippen LogP) is 3.45. The van der Waals surface area contributed by atoms with Gasteiger partial charge in [0.2, 0.25) is 5.91 Å². The number of benzene rings is 2. The van der Waals surface area contributed by atoms with Gasteiger partial charge in [0, 0.05) is 12.7 Å². The topological polar surface area (TPSA) is 94.0 Å². The molecular weight excluding hydrogens is 420 g/mol. The molecule has 1 heterocycles. The Morgan fingerprint density at radius 1 is 1.03 bits per heavy atom. The fourth-order valence-electron chi connectivity index (χ4n) is 2.74. The summed E-state index contributed by atoms with van der Waals surface area (Å²) in [5.74, 6) is 0.0474. The van der Waals surface area contributed by atoms with Crippen LogP contribution < -0.4 is 5.32 Å². The summed E-state index contributed by atoms with van der Waals surface area (Å²) in [6.07, 6.45) is 0. The fourth-order valence-corrected chi connectivity index (χ4v) is 4.78. The molecule has 9 heteroatoms. The van der Waals surface area contributed by atoms with Gasteiger partial charge in [-0.3, -0.25) is 4.79 Å². The monoisotopic (exact) mass is 444 g/mol. The summed E-state index contributed by atoms with van der Waals surface area (Å²) in [5, 5.41) is 11.4. The van der Waals surface area contributed by atoms with E-state index in [1.54, 1.807) is 35.9 Å². The number of rotatable bonds is 7. The van der Waals surface area contributed by atoms with Gasteiger partial charge in [0.05, 0.1) is 10.6 Å². The number of carbonyl (C=O) groups excluding carboxylic acids is 1. The van der Waals surface area contributed by atoms with E-state index in [0.717, 1.165) is 22.4 Å². The number of aromatic nitrogens is 3. The summed E-state index contributed by atoms with van der Waals surface area (Å²) in [4.78, 5) is 12.5. The van der Waals surface area contributed by atoms with Crippen molar-refractivity contribution in [3.8, 4) is 0 Å². The van der Waals surface area contributed by atoms with Crippen molar-refractivity contribution in [2.45, 2.75) is 36.6 Å². The Hall–Kier alpha value is -2.65. The molecule has 7 nitrogen and oxygen atoms in total. The second kappa shape index (κ2) is 9.01. The lowest BCUT2D eigenvalue weighted by Gasteiger charge is -2.08. The molecular formula is C21H24N4O3S2. The van der Waals surface area contributed by atoms with E-state index < -0.39 is 9.84 Å². The van der Waals surface area contributed by atoms with Gasteiger partial charge >= 0.3 is 0 Å². The van der Waals surface area contributed by atoms with Gasteiger partial charge in [0.25, 0.3) is 0 Å². The average Bonchev–Trinajstić information content (AvgIpc) is 3.02. The second-order valence-corrected chi connectivity index (χ2v) is 10.1. The zero-order chi connectivity index (χ0) is 21.9. The molecule has 3 aromatic rings. The zero-order valence-corrected chi connectivity index (χ0v) is 19.0. The Balaban J connectivity index is 1.63. The number of aryl methyl sites for hydroxylation is 3. The molecule has 1 aromatic heterocycles. The lowest BCUT2D eigenvalue weighted by Crippen LogP contribution is -2.15. The summed E-state index contributed by atoms with van der Waals surface area (Å²) in [5.41, 5.74) is 4.00. The Labute approximate surface area is 180 Å². The highest BCUT2D eigenvalue weighted by molar-refractivity contribution is 7.99. The van der Waals surface area contributed by atoms with Crippen LogP contribution in [0.2, 0.25) is 0 Å². The maximum absolute atomic E-state index is 12.6. The van der Waals surface area contributed by atoms with Gasteiger partial charge in [-0.25, -0.2) is 8.42 Å². The van der Waals surface area contributed by atoms with E-state index in [1.165, 1.54) is 11.8 Å². The molecule has 0 bridgehead atoms. The van der Waals surface area contributed by atoms with Crippen LogP contribution in [0.4, 0.5) is 5.69 Å². The number of anilines is 1. The number of sulfone groups is 1. The molecule has 0 radical (unpaired) electrons. The first-order chi connectivity index (χ1) is 14.2. The van der Waals surface area contributed by atoms with Gasteiger partial charge in [-0.05, 0) is 56.2 Å². The lowest BCUT2D eigenvalue weighted by molar-refractivity contribution is -0.113. The van der Waals surface area contributed by atoms with E-state index in [2.05, 4.69) is 15.5 Å². The molecule has 1 N–H and O–H groups in total. The van der Waals surface area contributed by atoms with Crippen LogP contribution in [-0.4, -0.2) is 34.8 Å². The molecule has 0 fully saturated rings. The highest BCUT2D eigenvalue weighted by atomic mass is 32.2. The third-order valence-corrected chi connectivity index (χ3v) is 7.40. The number of thioether (sulfide) groups is 1. The van der Waals surface area contributed by atoms with E-state index in [1.807, 2.05) is 39.0 Å². The molecule has 0 aliphatic carbocycles. The number of amides is 1. The van der Waals surface area contributed by atoms with Gasteiger partial charge in [-0.15, -0.1) is 10.2 Å². The first-order valence-corrected chi connectivity index (χ1v) is 12.0. The summed E-state index contributed by atoms with van der Waals surface area (Å²) in [6, 6.07) is 12.5. The number of nitrogens with zero attached hydrogens (tertiary/aromatic N) is 3. The molecule has 0 aliphatic rings. The molecule has 0 spiro atoms. The van der Waals surface area contributed by atoms with Gasteiger partial charge in [0.1, 0.15) is 11.6 Å². The number of carbonyl (C=O) groups is 1. The van der Waals surface area contributed by atoms with Crippen LogP contribution in [0.1, 0.15) is 22.5 Å². The summed E-state index contributed by atoms with van der Waals surface area (Å²) >= 11 is 1.21. The van der Waals surface area contributed by atoms with Crippen LogP contribution in [0, 0.1) is 20.8 Å². The third-order valence-electron chi connectivity index (χ3n) is 4.75. The molecule has 158 valence electrons. The minimum Gasteiger partial charge on any atom is -0.325 e. The van der Waals surface area contributed by atoms with Crippen molar-refractivity contribution in [2.24, 2.45) is 7.05 Å². The third kappa shape index (κ3) is 5.28. The van der Waals surface area contributed by atoms with Crippen molar-refractivity contribution in [3.63, 3.8) is 0 Å². The Morgan fingerprint density at radius 2 is 1.73 bits per heavy atom. The highest BCUT2D eigenvalue weighted by Gasteiger charge is 2.20. The van der Waals surface area contributed by atoms with E-state index in [4.69, 9.17) is 0 Å². The largest absolute Gasteiger partial charge is 0.325 e. The van der Waals surface area contributed by atoms with Crippen LogP contribution in [0.3, 0.4) is 0 Å². The first kappa shape index (κ1) is 22.0. The molecule has 0 atom stereocenters. The predicted molar refractivity (Wildman–Crippen MR) is 118 cm³/mol. The van der Waals surface area contributed by atoms with Crippen molar-refractivity contribution in [1.82, 2.24) is 14.8 Å². The van der Waals surface area contributed by atoms with Crippen molar-refractivity contribution < 1.29 is 13.2 Å². The van der Waals surface area contributed by atoms with Crippen LogP contribution in [0.5, 0.6) is 0 Å². The number of hydrogen-bond donors (Lipinski definition) is 1. The van der Waals surface area contributed by atoms with E-state index >= 15 is 0 Å².